The average Bonchev–Trinajstić information content (AvgIpc) is 1.61. The molecule has 0 aromatic heterocycles. The molecule has 0 aliphatic carbocycles. The highest BCUT2D eigenvalue weighted by Crippen LogP contribution is 1.59. The van der Waals surface area contributed by atoms with Crippen LogP contribution in [0.2, 0.25) is 0 Å². The summed E-state index contributed by atoms with van der Waals surface area (Å²) in [6, 6.07) is 0. The minimum Gasteiger partial charge on any atom is -0.357 e. The maximum Gasteiger partial charge on any atom is 0.168 e. The summed E-state index contributed by atoms with van der Waals surface area (Å²) in [5, 5.41) is 0. The highest BCUT2D eigenvalue weighted by Gasteiger charge is 1.70. The van der Waals surface area contributed by atoms with Crippen molar-refractivity contribution in [3.05, 3.63) is 0 Å². The minimum absolute atomic E-state index is 0.177. The zero-order valence-electron chi connectivity index (χ0n) is 3.60. The molecule has 0 saturated heterocycles. The standard InChI is InChI=1S/C2H8N2O2/c1-5-2-6-4-3/h4H,2-3H2,1H3. The fourth-order valence-electron chi connectivity index (χ4n) is 0.0929. The summed E-state index contributed by atoms with van der Waals surface area (Å²) in [7, 11) is 1.51. The lowest BCUT2D eigenvalue weighted by molar-refractivity contribution is -0.0822. The monoisotopic (exact) mass is 92.1 g/mol. The summed E-state index contributed by atoms with van der Waals surface area (Å²) < 4.78 is 4.42. The minimum atomic E-state index is 0.177. The first-order chi connectivity index (χ1) is 2.91. The molecule has 0 atom stereocenters. The van der Waals surface area contributed by atoms with Gasteiger partial charge in [-0.2, -0.15) is 0 Å². The van der Waals surface area contributed by atoms with Gasteiger partial charge in [0.05, 0.1) is 0 Å². The Morgan fingerprint density at radius 2 is 2.50 bits per heavy atom. The molecule has 0 aromatic rings. The molecule has 0 radical (unpaired) electrons. The lowest BCUT2D eigenvalue weighted by Crippen LogP contribution is -2.23. The van der Waals surface area contributed by atoms with Gasteiger partial charge in [0.15, 0.2) is 6.79 Å². The SMILES string of the molecule is COCONN. The fourth-order valence-corrected chi connectivity index (χ4v) is 0.0929. The van der Waals surface area contributed by atoms with E-state index < -0.39 is 0 Å². The van der Waals surface area contributed by atoms with Gasteiger partial charge in [0, 0.05) is 7.11 Å². The van der Waals surface area contributed by atoms with Crippen molar-refractivity contribution in [3.8, 4) is 0 Å². The zero-order valence-corrected chi connectivity index (χ0v) is 3.60. The average molecular weight is 92.1 g/mol. The van der Waals surface area contributed by atoms with E-state index in [0.717, 1.165) is 0 Å². The van der Waals surface area contributed by atoms with Gasteiger partial charge in [-0.05, 0) is 0 Å². The molecule has 0 unspecified atom stereocenters. The normalized spacial score (nSPS) is 9.00. The van der Waals surface area contributed by atoms with E-state index in [2.05, 4.69) is 15.4 Å². The van der Waals surface area contributed by atoms with E-state index in [1.165, 1.54) is 7.11 Å². The van der Waals surface area contributed by atoms with E-state index in [0.29, 0.717) is 0 Å². The van der Waals surface area contributed by atoms with Crippen LogP contribution >= 0.6 is 0 Å². The first-order valence-electron chi connectivity index (χ1n) is 1.48. The van der Waals surface area contributed by atoms with E-state index in [4.69, 9.17) is 0 Å². The molecule has 38 valence electrons. The van der Waals surface area contributed by atoms with Crippen LogP contribution in [0.25, 0.3) is 0 Å². The first-order valence-corrected chi connectivity index (χ1v) is 1.48. The second kappa shape index (κ2) is 4.84. The summed E-state index contributed by atoms with van der Waals surface area (Å²) in [5.41, 5.74) is 1.94. The number of hydrazine groups is 1. The second-order valence-corrected chi connectivity index (χ2v) is 0.669. The molecule has 4 nitrogen and oxygen atoms in total. The van der Waals surface area contributed by atoms with Crippen LogP contribution in [-0.4, -0.2) is 13.9 Å². The molecule has 0 fully saturated rings. The Bertz CT molecular complexity index is 21.5. The van der Waals surface area contributed by atoms with Gasteiger partial charge >= 0.3 is 0 Å². The van der Waals surface area contributed by atoms with Gasteiger partial charge in [-0.25, -0.2) is 5.84 Å². The van der Waals surface area contributed by atoms with Crippen LogP contribution in [0.15, 0.2) is 0 Å². The maximum atomic E-state index is 4.66. The molecule has 0 aliphatic rings. The molecule has 0 saturated carbocycles. The van der Waals surface area contributed by atoms with Crippen molar-refractivity contribution in [2.24, 2.45) is 5.84 Å². The van der Waals surface area contributed by atoms with Crippen LogP contribution in [0.1, 0.15) is 0 Å². The maximum absolute atomic E-state index is 4.66. The third-order valence-corrected chi connectivity index (χ3v) is 0.260. The molecule has 0 bridgehead atoms. The number of methoxy groups -OCH3 is 1. The molecule has 0 rings (SSSR count). The molecule has 0 spiro atoms. The van der Waals surface area contributed by atoms with Crippen LogP contribution in [0, 0.1) is 0 Å². The van der Waals surface area contributed by atoms with Crippen LogP contribution < -0.4 is 11.4 Å². The second-order valence-electron chi connectivity index (χ2n) is 0.669. The van der Waals surface area contributed by atoms with Crippen molar-refractivity contribution in [2.75, 3.05) is 13.9 Å². The lowest BCUT2D eigenvalue weighted by Gasteiger charge is -1.94. The van der Waals surface area contributed by atoms with E-state index in [-0.39, 0.29) is 6.79 Å². The smallest absolute Gasteiger partial charge is 0.168 e. The van der Waals surface area contributed by atoms with Crippen LogP contribution in [0.4, 0.5) is 0 Å². The van der Waals surface area contributed by atoms with Gasteiger partial charge in [-0.1, -0.05) is 0 Å². The van der Waals surface area contributed by atoms with Crippen molar-refractivity contribution in [1.29, 1.82) is 0 Å². The van der Waals surface area contributed by atoms with E-state index >= 15 is 0 Å². The highest BCUT2D eigenvalue weighted by molar-refractivity contribution is 3.85. The largest absolute Gasteiger partial charge is 0.357 e. The summed E-state index contributed by atoms with van der Waals surface area (Å²) in [6.45, 7) is 0.177. The molecule has 0 heterocycles. The van der Waals surface area contributed by atoms with Crippen LogP contribution in [0.3, 0.4) is 0 Å². The van der Waals surface area contributed by atoms with Crippen LogP contribution in [-0.2, 0) is 9.57 Å². The molecule has 0 amide bonds. The fraction of sp³-hybridized carbons (Fsp3) is 1.00. The highest BCUT2D eigenvalue weighted by atomic mass is 16.8. The van der Waals surface area contributed by atoms with Gasteiger partial charge < -0.3 is 4.74 Å². The Labute approximate surface area is 36.1 Å². The van der Waals surface area contributed by atoms with Crippen molar-refractivity contribution in [2.45, 2.75) is 0 Å². The van der Waals surface area contributed by atoms with Gasteiger partial charge in [-0.15, -0.1) is 5.59 Å². The van der Waals surface area contributed by atoms with E-state index in [1.807, 2.05) is 5.59 Å². The number of rotatable bonds is 3. The first kappa shape index (κ1) is 5.84. The van der Waals surface area contributed by atoms with Crippen molar-refractivity contribution in [3.63, 3.8) is 0 Å². The number of ether oxygens (including phenoxy) is 1. The topological polar surface area (TPSA) is 56.5 Å². The molecule has 0 aromatic carbocycles. The zero-order chi connectivity index (χ0) is 4.83. The Morgan fingerprint density at radius 1 is 1.83 bits per heavy atom. The summed E-state index contributed by atoms with van der Waals surface area (Å²) in [4.78, 5) is 4.29. The third-order valence-electron chi connectivity index (χ3n) is 0.260. The third kappa shape index (κ3) is 3.84. The number of hydrogen-bond donors (Lipinski definition) is 2. The van der Waals surface area contributed by atoms with Gasteiger partial charge in [0.2, 0.25) is 0 Å². The molecule has 3 N–H and O–H groups in total. The van der Waals surface area contributed by atoms with Crippen LogP contribution in [0.5, 0.6) is 0 Å². The van der Waals surface area contributed by atoms with Gasteiger partial charge in [0.1, 0.15) is 0 Å². The summed E-state index contributed by atoms with van der Waals surface area (Å²) in [6.07, 6.45) is 0. The number of nitrogens with one attached hydrogen (secondary N) is 1. The predicted molar refractivity (Wildman–Crippen MR) is 20.3 cm³/mol. The molecular weight excluding hydrogens is 84.0 g/mol. The van der Waals surface area contributed by atoms with Gasteiger partial charge in [0.25, 0.3) is 0 Å². The molecule has 4 heteroatoms. The van der Waals surface area contributed by atoms with Crippen molar-refractivity contribution >= 4 is 0 Å². The van der Waals surface area contributed by atoms with Crippen molar-refractivity contribution < 1.29 is 9.57 Å². The van der Waals surface area contributed by atoms with E-state index in [9.17, 15) is 0 Å². The van der Waals surface area contributed by atoms with Crippen molar-refractivity contribution in [1.82, 2.24) is 5.59 Å². The molecule has 6 heavy (non-hydrogen) atoms. The predicted octanol–water partition coefficient (Wildman–Crippen LogP) is -1.01. The Hall–Kier alpha value is -0.160. The van der Waals surface area contributed by atoms with E-state index in [1.54, 1.807) is 0 Å². The molecule has 0 aliphatic heterocycles. The molecular formula is C2H8N2O2. The quantitative estimate of drug-likeness (QED) is 0.202. The lowest BCUT2D eigenvalue weighted by atomic mass is 11.4. The summed E-state index contributed by atoms with van der Waals surface area (Å²) in [5.74, 6) is 4.66. The Balaban J connectivity index is 2.34. The number of hydrogen-bond acceptors (Lipinski definition) is 4. The number of nitrogens with two attached hydrogens (primary N) is 1. The Morgan fingerprint density at radius 3 is 2.67 bits per heavy atom. The summed E-state index contributed by atoms with van der Waals surface area (Å²) >= 11 is 0. The van der Waals surface area contributed by atoms with Gasteiger partial charge in [-0.3, -0.25) is 4.84 Å². The Kier molecular flexibility index (Phi) is 4.71.